The number of hydrogen-bond donors (Lipinski definition) is 1. The van der Waals surface area contributed by atoms with Crippen molar-refractivity contribution in [2.45, 2.75) is 13.8 Å². The number of para-hydroxylation sites is 2. The summed E-state index contributed by atoms with van der Waals surface area (Å²) in [6.07, 6.45) is 0. The van der Waals surface area contributed by atoms with Crippen molar-refractivity contribution in [2.24, 2.45) is 0 Å². The van der Waals surface area contributed by atoms with Gasteiger partial charge in [0.15, 0.2) is 5.75 Å². The average molecular weight is 233 g/mol. The molecule has 2 aromatic rings. The zero-order valence-corrected chi connectivity index (χ0v) is 9.41. The molecule has 0 fully saturated rings. The smallest absolute Gasteiger partial charge is 0.294 e. The van der Waals surface area contributed by atoms with Gasteiger partial charge in [-0.3, -0.25) is 10.1 Å². The summed E-state index contributed by atoms with van der Waals surface area (Å²) in [5.41, 5.74) is 1.23. The van der Waals surface area contributed by atoms with Gasteiger partial charge in [-0.2, -0.15) is 5.10 Å². The van der Waals surface area contributed by atoms with Crippen LogP contribution in [0.15, 0.2) is 24.3 Å². The van der Waals surface area contributed by atoms with Gasteiger partial charge in [-0.05, 0) is 19.9 Å². The number of benzene rings is 1. The van der Waals surface area contributed by atoms with Crippen molar-refractivity contribution in [3.05, 3.63) is 45.8 Å². The first-order chi connectivity index (χ1) is 8.02. The van der Waals surface area contributed by atoms with E-state index in [0.29, 0.717) is 17.1 Å². The third-order valence-electron chi connectivity index (χ3n) is 2.56. The van der Waals surface area contributed by atoms with Crippen LogP contribution >= 0.6 is 0 Å². The molecule has 0 atom stereocenters. The topological polar surface area (TPSA) is 81.2 Å². The van der Waals surface area contributed by atoms with Crippen LogP contribution in [0.1, 0.15) is 11.4 Å². The Morgan fingerprint density at radius 3 is 2.53 bits per heavy atom. The summed E-state index contributed by atoms with van der Waals surface area (Å²) in [6, 6.07) is 6.28. The molecule has 0 radical (unpaired) electrons. The van der Waals surface area contributed by atoms with Gasteiger partial charge in [-0.1, -0.05) is 12.1 Å². The van der Waals surface area contributed by atoms with Gasteiger partial charge in [-0.15, -0.1) is 0 Å². The number of hydrogen-bond acceptors (Lipinski definition) is 4. The fourth-order valence-corrected chi connectivity index (χ4v) is 1.67. The number of aryl methyl sites for hydroxylation is 1. The largest absolute Gasteiger partial charge is 0.504 e. The molecule has 6 heteroatoms. The Morgan fingerprint density at radius 1 is 1.35 bits per heavy atom. The number of aromatic nitrogens is 2. The quantitative estimate of drug-likeness (QED) is 0.636. The van der Waals surface area contributed by atoms with Crippen molar-refractivity contribution < 1.29 is 10.0 Å². The van der Waals surface area contributed by atoms with Crippen LogP contribution in [-0.4, -0.2) is 19.8 Å². The lowest BCUT2D eigenvalue weighted by Gasteiger charge is -2.04. The highest BCUT2D eigenvalue weighted by Gasteiger charge is 2.19. The van der Waals surface area contributed by atoms with E-state index in [2.05, 4.69) is 5.10 Å². The van der Waals surface area contributed by atoms with Crippen LogP contribution < -0.4 is 0 Å². The third-order valence-corrected chi connectivity index (χ3v) is 2.56. The van der Waals surface area contributed by atoms with E-state index in [1.807, 2.05) is 0 Å². The van der Waals surface area contributed by atoms with Crippen LogP contribution in [0.25, 0.3) is 5.69 Å². The third kappa shape index (κ3) is 1.73. The van der Waals surface area contributed by atoms with Crippen molar-refractivity contribution in [1.82, 2.24) is 9.78 Å². The Bertz CT molecular complexity index is 590. The summed E-state index contributed by atoms with van der Waals surface area (Å²) < 4.78 is 1.38. The molecule has 0 aliphatic heterocycles. The predicted molar refractivity (Wildman–Crippen MR) is 61.4 cm³/mol. The highest BCUT2D eigenvalue weighted by atomic mass is 16.6. The Kier molecular flexibility index (Phi) is 2.55. The monoisotopic (exact) mass is 233 g/mol. The van der Waals surface area contributed by atoms with E-state index < -0.39 is 4.92 Å². The minimum Gasteiger partial charge on any atom is -0.504 e. The summed E-state index contributed by atoms with van der Waals surface area (Å²) >= 11 is 0. The van der Waals surface area contributed by atoms with Gasteiger partial charge >= 0.3 is 0 Å². The molecule has 0 spiro atoms. The van der Waals surface area contributed by atoms with Crippen LogP contribution in [-0.2, 0) is 0 Å². The summed E-state index contributed by atoms with van der Waals surface area (Å²) in [7, 11) is 0. The second-order valence-electron chi connectivity index (χ2n) is 3.68. The maximum Gasteiger partial charge on any atom is 0.294 e. The fraction of sp³-hybridized carbons (Fsp3) is 0.182. The van der Waals surface area contributed by atoms with E-state index in [9.17, 15) is 15.2 Å². The maximum absolute atomic E-state index is 10.9. The number of aromatic hydroxyl groups is 1. The zero-order valence-electron chi connectivity index (χ0n) is 9.41. The Labute approximate surface area is 97.3 Å². The fourth-order valence-electron chi connectivity index (χ4n) is 1.67. The molecule has 0 saturated heterocycles. The van der Waals surface area contributed by atoms with Crippen molar-refractivity contribution >= 4 is 5.69 Å². The zero-order chi connectivity index (χ0) is 12.6. The normalized spacial score (nSPS) is 10.5. The molecule has 1 aromatic heterocycles. The Balaban J connectivity index is 2.68. The molecule has 0 saturated carbocycles. The molecule has 0 amide bonds. The highest BCUT2D eigenvalue weighted by molar-refractivity contribution is 5.53. The van der Waals surface area contributed by atoms with E-state index in [4.69, 9.17) is 0 Å². The van der Waals surface area contributed by atoms with Crippen LogP contribution in [0.5, 0.6) is 5.75 Å². The molecular formula is C11H11N3O3. The van der Waals surface area contributed by atoms with Gasteiger partial charge in [0, 0.05) is 6.07 Å². The van der Waals surface area contributed by atoms with Gasteiger partial charge in [0.05, 0.1) is 10.6 Å². The first-order valence-electron chi connectivity index (χ1n) is 5.01. The molecule has 1 aromatic carbocycles. The van der Waals surface area contributed by atoms with Gasteiger partial charge in [0.25, 0.3) is 5.69 Å². The number of nitro benzene ring substituents is 1. The van der Waals surface area contributed by atoms with Crippen molar-refractivity contribution in [3.8, 4) is 11.4 Å². The standard InChI is InChI=1S/C11H11N3O3/c1-7-11(15)8(2)13(12-7)9-5-3-4-6-10(9)14(16)17/h3-6,15H,1-2H3. The average Bonchev–Trinajstić information content (AvgIpc) is 2.57. The molecule has 0 unspecified atom stereocenters. The van der Waals surface area contributed by atoms with Gasteiger partial charge in [-0.25, -0.2) is 4.68 Å². The molecule has 6 nitrogen and oxygen atoms in total. The lowest BCUT2D eigenvalue weighted by atomic mass is 10.2. The van der Waals surface area contributed by atoms with Crippen molar-refractivity contribution in [1.29, 1.82) is 0 Å². The Morgan fingerprint density at radius 2 is 2.00 bits per heavy atom. The van der Waals surface area contributed by atoms with Crippen LogP contribution in [0.2, 0.25) is 0 Å². The minimum absolute atomic E-state index is 0.0434. The number of nitrogens with zero attached hydrogens (tertiary/aromatic N) is 3. The first-order valence-corrected chi connectivity index (χ1v) is 5.01. The molecular weight excluding hydrogens is 222 g/mol. The molecule has 1 heterocycles. The molecule has 17 heavy (non-hydrogen) atoms. The highest BCUT2D eigenvalue weighted by Crippen LogP contribution is 2.28. The molecule has 88 valence electrons. The van der Waals surface area contributed by atoms with Gasteiger partial charge in [0.2, 0.25) is 0 Å². The summed E-state index contributed by atoms with van der Waals surface area (Å²) in [6.45, 7) is 3.31. The summed E-state index contributed by atoms with van der Waals surface area (Å²) in [5, 5.41) is 24.7. The molecule has 0 aliphatic carbocycles. The summed E-state index contributed by atoms with van der Waals surface area (Å²) in [4.78, 5) is 10.4. The first kappa shape index (κ1) is 11.1. The van der Waals surface area contributed by atoms with Crippen LogP contribution in [0.3, 0.4) is 0 Å². The van der Waals surface area contributed by atoms with Crippen molar-refractivity contribution in [2.75, 3.05) is 0 Å². The van der Waals surface area contributed by atoms with Crippen LogP contribution in [0, 0.1) is 24.0 Å². The van der Waals surface area contributed by atoms with E-state index >= 15 is 0 Å². The van der Waals surface area contributed by atoms with Crippen LogP contribution in [0.4, 0.5) is 5.69 Å². The minimum atomic E-state index is -0.469. The SMILES string of the molecule is Cc1nn(-c2ccccc2[N+](=O)[O-])c(C)c1O. The van der Waals surface area contributed by atoms with Gasteiger partial charge < -0.3 is 5.11 Å². The predicted octanol–water partition coefficient (Wildman–Crippen LogP) is 2.10. The second-order valence-corrected chi connectivity index (χ2v) is 3.68. The van der Waals surface area contributed by atoms with E-state index in [1.54, 1.807) is 32.0 Å². The second kappa shape index (κ2) is 3.89. The molecule has 0 aliphatic rings. The molecule has 2 rings (SSSR count). The van der Waals surface area contributed by atoms with E-state index in [0.717, 1.165) is 0 Å². The maximum atomic E-state index is 10.9. The van der Waals surface area contributed by atoms with Crippen molar-refractivity contribution in [3.63, 3.8) is 0 Å². The Hall–Kier alpha value is -2.37. The molecule has 0 bridgehead atoms. The molecule has 1 N–H and O–H groups in total. The lowest BCUT2D eigenvalue weighted by molar-refractivity contribution is -0.384. The van der Waals surface area contributed by atoms with E-state index in [-0.39, 0.29) is 11.4 Å². The summed E-state index contributed by atoms with van der Waals surface area (Å²) in [5.74, 6) is 0.0585. The van der Waals surface area contributed by atoms with Gasteiger partial charge in [0.1, 0.15) is 11.4 Å². The lowest BCUT2D eigenvalue weighted by Crippen LogP contribution is -2.03. The van der Waals surface area contributed by atoms with E-state index in [1.165, 1.54) is 10.7 Å². The number of nitro groups is 1. The number of rotatable bonds is 2.